The maximum absolute atomic E-state index is 5.78. The second kappa shape index (κ2) is 7.80. The van der Waals surface area contributed by atoms with Gasteiger partial charge in [-0.05, 0) is 25.8 Å². The lowest BCUT2D eigenvalue weighted by Crippen LogP contribution is -2.12. The maximum Gasteiger partial charge on any atom is 0.107 e. The highest BCUT2D eigenvalue weighted by atomic mass is 32.1. The van der Waals surface area contributed by atoms with Crippen molar-refractivity contribution in [2.45, 2.75) is 53.4 Å². The van der Waals surface area contributed by atoms with Crippen LogP contribution in [0.25, 0.3) is 0 Å². The van der Waals surface area contributed by atoms with Gasteiger partial charge in [0.25, 0.3) is 0 Å². The largest absolute Gasteiger partial charge is 0.372 e. The van der Waals surface area contributed by atoms with E-state index in [2.05, 4.69) is 43.4 Å². The van der Waals surface area contributed by atoms with Gasteiger partial charge >= 0.3 is 0 Å². The number of hydrogen-bond donors (Lipinski definition) is 1. The van der Waals surface area contributed by atoms with E-state index in [4.69, 9.17) is 4.74 Å². The minimum Gasteiger partial charge on any atom is -0.372 e. The van der Waals surface area contributed by atoms with Crippen LogP contribution in [0.5, 0.6) is 0 Å². The van der Waals surface area contributed by atoms with E-state index in [9.17, 15) is 0 Å². The molecule has 0 fully saturated rings. The van der Waals surface area contributed by atoms with Crippen LogP contribution in [0.1, 0.15) is 44.8 Å². The summed E-state index contributed by atoms with van der Waals surface area (Å²) in [6.45, 7) is 11.2. The fourth-order valence-electron chi connectivity index (χ4n) is 1.69. The summed E-state index contributed by atoms with van der Waals surface area (Å²) in [5.41, 5.74) is 1.05. The van der Waals surface area contributed by atoms with Crippen LogP contribution in [-0.4, -0.2) is 17.6 Å². The predicted molar refractivity (Wildman–Crippen MR) is 73.2 cm³/mol. The standard InChI is InChI=1S/C13H24N2OS/c1-5-14-7-13-15-12(9-17-13)8-16-11(4)6-10(2)3/h9-11,14H,5-8H2,1-4H3. The molecule has 0 amide bonds. The number of nitrogens with zero attached hydrogens (tertiary/aromatic N) is 1. The van der Waals surface area contributed by atoms with Gasteiger partial charge in [0.1, 0.15) is 5.01 Å². The van der Waals surface area contributed by atoms with Crippen molar-refractivity contribution >= 4 is 11.3 Å². The van der Waals surface area contributed by atoms with Crippen molar-refractivity contribution in [2.24, 2.45) is 5.92 Å². The van der Waals surface area contributed by atoms with Gasteiger partial charge in [-0.1, -0.05) is 20.8 Å². The number of ether oxygens (including phenoxy) is 1. The zero-order valence-electron chi connectivity index (χ0n) is 11.3. The van der Waals surface area contributed by atoms with Crippen LogP contribution >= 0.6 is 11.3 Å². The van der Waals surface area contributed by atoms with Gasteiger partial charge in [0.05, 0.1) is 18.4 Å². The highest BCUT2D eigenvalue weighted by Gasteiger charge is 2.07. The molecule has 1 N–H and O–H groups in total. The fraction of sp³-hybridized carbons (Fsp3) is 0.769. The van der Waals surface area contributed by atoms with E-state index in [0.29, 0.717) is 18.6 Å². The molecule has 0 aliphatic heterocycles. The first kappa shape index (κ1) is 14.6. The zero-order valence-corrected chi connectivity index (χ0v) is 12.1. The van der Waals surface area contributed by atoms with E-state index >= 15 is 0 Å². The Kier molecular flexibility index (Phi) is 6.70. The van der Waals surface area contributed by atoms with E-state index in [1.807, 2.05) is 0 Å². The van der Waals surface area contributed by atoms with E-state index in [0.717, 1.165) is 30.2 Å². The van der Waals surface area contributed by atoms with Gasteiger partial charge < -0.3 is 10.1 Å². The molecule has 1 unspecified atom stereocenters. The molecule has 4 heteroatoms. The summed E-state index contributed by atoms with van der Waals surface area (Å²) >= 11 is 1.70. The van der Waals surface area contributed by atoms with Crippen LogP contribution in [0.2, 0.25) is 0 Å². The lowest BCUT2D eigenvalue weighted by molar-refractivity contribution is 0.0381. The SMILES string of the molecule is CCNCc1nc(COC(C)CC(C)C)cs1. The highest BCUT2D eigenvalue weighted by molar-refractivity contribution is 7.09. The lowest BCUT2D eigenvalue weighted by atomic mass is 10.1. The predicted octanol–water partition coefficient (Wildman–Crippen LogP) is 3.20. The molecule has 0 bridgehead atoms. The van der Waals surface area contributed by atoms with Gasteiger partial charge in [-0.15, -0.1) is 11.3 Å². The Bertz CT molecular complexity index is 312. The Morgan fingerprint density at radius 3 is 2.82 bits per heavy atom. The van der Waals surface area contributed by atoms with E-state index < -0.39 is 0 Å². The molecule has 0 aromatic carbocycles. The van der Waals surface area contributed by atoms with Gasteiger partial charge in [-0.25, -0.2) is 4.98 Å². The Morgan fingerprint density at radius 1 is 1.41 bits per heavy atom. The number of nitrogens with one attached hydrogen (secondary N) is 1. The van der Waals surface area contributed by atoms with Gasteiger partial charge in [-0.2, -0.15) is 0 Å². The smallest absolute Gasteiger partial charge is 0.107 e. The molecule has 0 saturated carbocycles. The second-order valence-corrected chi connectivity index (χ2v) is 5.71. The highest BCUT2D eigenvalue weighted by Crippen LogP contribution is 2.13. The second-order valence-electron chi connectivity index (χ2n) is 4.76. The minimum absolute atomic E-state index is 0.314. The Balaban J connectivity index is 2.29. The van der Waals surface area contributed by atoms with Crippen LogP contribution in [0.4, 0.5) is 0 Å². The van der Waals surface area contributed by atoms with Crippen molar-refractivity contribution in [3.8, 4) is 0 Å². The molecule has 1 heterocycles. The Hall–Kier alpha value is -0.450. The normalized spacial score (nSPS) is 13.2. The van der Waals surface area contributed by atoms with Gasteiger partial charge in [0.2, 0.25) is 0 Å². The molecule has 98 valence electrons. The van der Waals surface area contributed by atoms with E-state index in [1.54, 1.807) is 11.3 Å². The number of aromatic nitrogens is 1. The van der Waals surface area contributed by atoms with Crippen molar-refractivity contribution in [3.63, 3.8) is 0 Å². The topological polar surface area (TPSA) is 34.2 Å². The van der Waals surface area contributed by atoms with Gasteiger partial charge in [-0.3, -0.25) is 0 Å². The number of hydrogen-bond acceptors (Lipinski definition) is 4. The molecule has 1 aromatic rings. The summed E-state index contributed by atoms with van der Waals surface area (Å²) in [6, 6.07) is 0. The summed E-state index contributed by atoms with van der Waals surface area (Å²) in [7, 11) is 0. The summed E-state index contributed by atoms with van der Waals surface area (Å²) in [6.07, 6.45) is 1.42. The van der Waals surface area contributed by atoms with Crippen molar-refractivity contribution in [3.05, 3.63) is 16.1 Å². The summed E-state index contributed by atoms with van der Waals surface area (Å²) < 4.78 is 5.78. The van der Waals surface area contributed by atoms with Crippen LogP contribution in [0.3, 0.4) is 0 Å². The zero-order chi connectivity index (χ0) is 12.7. The van der Waals surface area contributed by atoms with Crippen LogP contribution in [0.15, 0.2) is 5.38 Å². The first-order valence-corrected chi connectivity index (χ1v) is 7.25. The average Bonchev–Trinajstić information content (AvgIpc) is 2.70. The van der Waals surface area contributed by atoms with Crippen molar-refractivity contribution in [1.29, 1.82) is 0 Å². The minimum atomic E-state index is 0.314. The third kappa shape index (κ3) is 6.15. The van der Waals surface area contributed by atoms with E-state index in [1.165, 1.54) is 0 Å². The third-order valence-corrected chi connectivity index (χ3v) is 3.34. The molecule has 1 rings (SSSR count). The molecule has 1 atom stereocenters. The molecule has 0 saturated heterocycles. The van der Waals surface area contributed by atoms with Crippen LogP contribution in [0, 0.1) is 5.92 Å². The van der Waals surface area contributed by atoms with Gasteiger partial charge in [0, 0.05) is 11.9 Å². The molecule has 17 heavy (non-hydrogen) atoms. The average molecular weight is 256 g/mol. The summed E-state index contributed by atoms with van der Waals surface area (Å²) in [5, 5.41) is 6.51. The molecular formula is C13H24N2OS. The van der Waals surface area contributed by atoms with Crippen molar-refractivity contribution in [1.82, 2.24) is 10.3 Å². The molecular weight excluding hydrogens is 232 g/mol. The number of rotatable bonds is 8. The van der Waals surface area contributed by atoms with Crippen LogP contribution in [-0.2, 0) is 17.9 Å². The molecule has 0 aliphatic rings. The third-order valence-electron chi connectivity index (χ3n) is 2.44. The Morgan fingerprint density at radius 2 is 2.18 bits per heavy atom. The number of thiazole rings is 1. The quantitative estimate of drug-likeness (QED) is 0.775. The summed E-state index contributed by atoms with van der Waals surface area (Å²) in [4.78, 5) is 4.53. The van der Waals surface area contributed by atoms with Crippen molar-refractivity contribution in [2.75, 3.05) is 6.54 Å². The fourth-order valence-corrected chi connectivity index (χ4v) is 2.44. The van der Waals surface area contributed by atoms with Crippen molar-refractivity contribution < 1.29 is 4.74 Å². The lowest BCUT2D eigenvalue weighted by Gasteiger charge is -2.14. The summed E-state index contributed by atoms with van der Waals surface area (Å²) in [5.74, 6) is 0.685. The van der Waals surface area contributed by atoms with Crippen LogP contribution < -0.4 is 5.32 Å². The maximum atomic E-state index is 5.78. The Labute approximate surface area is 109 Å². The van der Waals surface area contributed by atoms with Gasteiger partial charge in [0.15, 0.2) is 0 Å². The first-order valence-electron chi connectivity index (χ1n) is 6.37. The molecule has 3 nitrogen and oxygen atoms in total. The first-order chi connectivity index (χ1) is 8.11. The molecule has 0 radical (unpaired) electrons. The molecule has 0 spiro atoms. The molecule has 1 aromatic heterocycles. The molecule has 0 aliphatic carbocycles. The monoisotopic (exact) mass is 256 g/mol. The van der Waals surface area contributed by atoms with E-state index in [-0.39, 0.29) is 0 Å².